The Morgan fingerprint density at radius 2 is 1.04 bits per heavy atom. The maximum atomic E-state index is 6.46. The van der Waals surface area contributed by atoms with Gasteiger partial charge in [0.25, 0.3) is 0 Å². The number of hydrogen-bond acceptors (Lipinski definition) is 5. The number of aromatic nitrogens is 2. The highest BCUT2D eigenvalue weighted by Crippen LogP contribution is 2.42. The predicted octanol–water partition coefficient (Wildman–Crippen LogP) is 13.3. The third kappa shape index (κ3) is 4.38. The summed E-state index contributed by atoms with van der Waals surface area (Å²) < 4.78 is 15.4. The topological polar surface area (TPSA) is 52.1 Å². The molecular weight excluding hydrogens is 645 g/mol. The zero-order valence-corrected chi connectivity index (χ0v) is 27.9. The molecule has 0 saturated carbocycles. The van der Waals surface area contributed by atoms with Gasteiger partial charge in [-0.05, 0) is 52.6 Å². The predicted molar refractivity (Wildman–Crippen MR) is 211 cm³/mol. The second-order valence-corrected chi connectivity index (χ2v) is 14.0. The van der Waals surface area contributed by atoms with Crippen molar-refractivity contribution in [3.63, 3.8) is 0 Å². The van der Waals surface area contributed by atoms with Gasteiger partial charge in [-0.3, -0.25) is 0 Å². The molecule has 0 aliphatic carbocycles. The molecule has 0 atom stereocenters. The van der Waals surface area contributed by atoms with Gasteiger partial charge in [-0.1, -0.05) is 121 Å². The van der Waals surface area contributed by atoms with Crippen LogP contribution in [0.25, 0.3) is 109 Å². The van der Waals surface area contributed by atoms with Crippen LogP contribution in [0.15, 0.2) is 167 Å². The number of hydrogen-bond donors (Lipinski definition) is 0. The fourth-order valence-corrected chi connectivity index (χ4v) is 8.81. The summed E-state index contributed by atoms with van der Waals surface area (Å²) in [4.78, 5) is 9.95. The first-order chi connectivity index (χ1) is 25.3. The van der Waals surface area contributed by atoms with Gasteiger partial charge in [0.2, 0.25) is 5.71 Å². The summed E-state index contributed by atoms with van der Waals surface area (Å²) in [5, 5.41) is 5.76. The zero-order chi connectivity index (χ0) is 33.5. The van der Waals surface area contributed by atoms with Crippen LogP contribution in [0, 0.1) is 0 Å². The summed E-state index contributed by atoms with van der Waals surface area (Å²) in [6.07, 6.45) is 1.82. The molecule has 4 aromatic heterocycles. The second kappa shape index (κ2) is 11.0. The van der Waals surface area contributed by atoms with Crippen molar-refractivity contribution in [1.29, 1.82) is 0 Å². The quantitative estimate of drug-likeness (QED) is 0.187. The monoisotopic (exact) mass is 670 g/mol. The molecule has 5 heteroatoms. The van der Waals surface area contributed by atoms with Crippen molar-refractivity contribution in [2.75, 3.05) is 0 Å². The summed E-state index contributed by atoms with van der Waals surface area (Å²) in [6, 6.07) is 53.2. The Balaban J connectivity index is 1.00. The smallest absolute Gasteiger partial charge is 0.246 e. The minimum absolute atomic E-state index is 0.524. The van der Waals surface area contributed by atoms with E-state index in [4.69, 9.17) is 18.8 Å². The van der Waals surface area contributed by atoms with Crippen LogP contribution in [-0.4, -0.2) is 9.97 Å². The van der Waals surface area contributed by atoms with Gasteiger partial charge in [-0.2, -0.15) is 0 Å². The van der Waals surface area contributed by atoms with E-state index in [0.29, 0.717) is 5.71 Å². The summed E-state index contributed by atoms with van der Waals surface area (Å²) in [5.74, 6) is 0. The Kier molecular flexibility index (Phi) is 6.09. The average molecular weight is 671 g/mol. The van der Waals surface area contributed by atoms with Gasteiger partial charge in [0, 0.05) is 53.0 Å². The SMILES string of the molecule is c1cc(-c2cccc3c2oc2ccccc23)cc(-c2cccc3c2oc2ncc(-c4cccc(-c5cccc6c5sc5ccccc56)c4)nc23)c1. The molecule has 7 aromatic carbocycles. The van der Waals surface area contributed by atoms with Crippen molar-refractivity contribution in [3.05, 3.63) is 158 Å². The Morgan fingerprint density at radius 3 is 1.86 bits per heavy atom. The number of thiophene rings is 1. The lowest BCUT2D eigenvalue weighted by atomic mass is 9.97. The maximum Gasteiger partial charge on any atom is 0.246 e. The lowest BCUT2D eigenvalue weighted by Gasteiger charge is -2.07. The van der Waals surface area contributed by atoms with Crippen LogP contribution in [-0.2, 0) is 0 Å². The van der Waals surface area contributed by atoms with E-state index >= 15 is 0 Å². The van der Waals surface area contributed by atoms with Crippen LogP contribution in [0.5, 0.6) is 0 Å². The molecule has 0 amide bonds. The van der Waals surface area contributed by atoms with Crippen LogP contribution in [0.4, 0.5) is 0 Å². The molecule has 4 nitrogen and oxygen atoms in total. The fraction of sp³-hybridized carbons (Fsp3) is 0. The maximum absolute atomic E-state index is 6.46. The van der Waals surface area contributed by atoms with Crippen molar-refractivity contribution in [3.8, 4) is 44.6 Å². The van der Waals surface area contributed by atoms with Crippen molar-refractivity contribution in [2.24, 2.45) is 0 Å². The van der Waals surface area contributed by atoms with Crippen molar-refractivity contribution in [1.82, 2.24) is 9.97 Å². The Morgan fingerprint density at radius 1 is 0.451 bits per heavy atom. The molecular formula is C46H26N2O2S. The van der Waals surface area contributed by atoms with E-state index in [0.717, 1.165) is 77.5 Å². The molecule has 0 radical (unpaired) electrons. The van der Waals surface area contributed by atoms with Crippen molar-refractivity contribution < 1.29 is 8.83 Å². The van der Waals surface area contributed by atoms with Crippen LogP contribution in [0.3, 0.4) is 0 Å². The average Bonchev–Trinajstić information content (AvgIpc) is 3.89. The molecule has 11 rings (SSSR count). The molecule has 0 aliphatic heterocycles. The number of benzene rings is 7. The molecule has 0 saturated heterocycles. The third-order valence-electron chi connectivity index (χ3n) is 9.97. The third-order valence-corrected chi connectivity index (χ3v) is 11.2. The Bertz CT molecular complexity index is 3170. The number of furan rings is 2. The number of fused-ring (bicyclic) bond motifs is 9. The summed E-state index contributed by atoms with van der Waals surface area (Å²) >= 11 is 1.84. The number of para-hydroxylation sites is 3. The summed E-state index contributed by atoms with van der Waals surface area (Å²) in [7, 11) is 0. The van der Waals surface area contributed by atoms with E-state index in [1.165, 1.54) is 25.7 Å². The van der Waals surface area contributed by atoms with Gasteiger partial charge >= 0.3 is 0 Å². The molecule has 51 heavy (non-hydrogen) atoms. The van der Waals surface area contributed by atoms with Gasteiger partial charge in [0.1, 0.15) is 22.3 Å². The molecule has 11 aromatic rings. The molecule has 0 fully saturated rings. The van der Waals surface area contributed by atoms with Gasteiger partial charge < -0.3 is 8.83 Å². The van der Waals surface area contributed by atoms with E-state index in [9.17, 15) is 0 Å². The molecule has 0 bridgehead atoms. The van der Waals surface area contributed by atoms with Gasteiger partial charge in [0.15, 0.2) is 0 Å². The van der Waals surface area contributed by atoms with Crippen LogP contribution in [0.1, 0.15) is 0 Å². The number of rotatable bonds is 4. The fourth-order valence-electron chi connectivity index (χ4n) is 7.57. The first kappa shape index (κ1) is 28.3. The molecule has 4 heterocycles. The minimum Gasteiger partial charge on any atom is -0.455 e. The Hall–Kier alpha value is -6.56. The highest BCUT2D eigenvalue weighted by Gasteiger charge is 2.18. The zero-order valence-electron chi connectivity index (χ0n) is 27.1. The Labute approximate surface area is 295 Å². The van der Waals surface area contributed by atoms with E-state index in [-0.39, 0.29) is 0 Å². The molecule has 0 spiro atoms. The van der Waals surface area contributed by atoms with Crippen molar-refractivity contribution >= 4 is 75.6 Å². The molecule has 0 unspecified atom stereocenters. The van der Waals surface area contributed by atoms with Gasteiger partial charge in [-0.25, -0.2) is 9.97 Å². The number of nitrogens with zero attached hydrogens (tertiary/aromatic N) is 2. The van der Waals surface area contributed by atoms with Crippen molar-refractivity contribution in [2.45, 2.75) is 0 Å². The van der Waals surface area contributed by atoms with Crippen LogP contribution >= 0.6 is 11.3 Å². The van der Waals surface area contributed by atoms with E-state index < -0.39 is 0 Å². The molecule has 0 aliphatic rings. The lowest BCUT2D eigenvalue weighted by Crippen LogP contribution is -1.88. The standard InChI is InChI=1S/C46H26N2O2S/c1-3-22-40-34(14-1)36-19-7-16-31(43(36)49-40)27-10-5-11-28(24-27)32-17-8-21-38-42-46(50-44(32)38)47-26-39(48-42)30-13-6-12-29(25-30)33-18-9-20-37-35-15-2-4-23-41(35)51-45(33)37/h1-26H. The minimum atomic E-state index is 0.524. The summed E-state index contributed by atoms with van der Waals surface area (Å²) in [5.41, 5.74) is 12.2. The lowest BCUT2D eigenvalue weighted by molar-refractivity contribution is 0.654. The van der Waals surface area contributed by atoms with E-state index in [2.05, 4.69) is 140 Å². The highest BCUT2D eigenvalue weighted by atomic mass is 32.1. The molecule has 0 N–H and O–H groups in total. The van der Waals surface area contributed by atoms with Gasteiger partial charge in [0.05, 0.1) is 11.9 Å². The first-order valence-corrected chi connectivity index (χ1v) is 17.8. The summed E-state index contributed by atoms with van der Waals surface area (Å²) in [6.45, 7) is 0. The highest BCUT2D eigenvalue weighted by molar-refractivity contribution is 7.26. The normalized spacial score (nSPS) is 11.9. The largest absolute Gasteiger partial charge is 0.455 e. The van der Waals surface area contributed by atoms with Gasteiger partial charge in [-0.15, -0.1) is 11.3 Å². The first-order valence-electron chi connectivity index (χ1n) is 17.0. The second-order valence-electron chi connectivity index (χ2n) is 12.9. The van der Waals surface area contributed by atoms with E-state index in [1.807, 2.05) is 29.7 Å². The van der Waals surface area contributed by atoms with E-state index in [1.54, 1.807) is 0 Å². The molecule has 238 valence electrons. The van der Waals surface area contributed by atoms with Crippen LogP contribution in [0.2, 0.25) is 0 Å². The van der Waals surface area contributed by atoms with Crippen LogP contribution < -0.4 is 0 Å².